The molecular formula is C22H24BrNO6. The Morgan fingerprint density at radius 2 is 1.97 bits per heavy atom. The van der Waals surface area contributed by atoms with Crippen LogP contribution in [0.3, 0.4) is 0 Å². The highest BCUT2D eigenvalue weighted by atomic mass is 79.9. The molecule has 0 saturated carbocycles. The minimum Gasteiger partial charge on any atom is -0.501 e. The Morgan fingerprint density at radius 1 is 1.27 bits per heavy atom. The van der Waals surface area contributed by atoms with Crippen LogP contribution in [0, 0.1) is 5.92 Å². The summed E-state index contributed by atoms with van der Waals surface area (Å²) in [6, 6.07) is 5.39. The van der Waals surface area contributed by atoms with Crippen molar-refractivity contribution in [3.05, 3.63) is 51.9 Å². The molecule has 1 aromatic carbocycles. The third-order valence-corrected chi connectivity index (χ3v) is 5.95. The number of hydrogen-bond acceptors (Lipinski definition) is 6. The maximum atomic E-state index is 13.6. The second kappa shape index (κ2) is 8.63. The minimum atomic E-state index is -1.55. The van der Waals surface area contributed by atoms with Crippen LogP contribution >= 0.6 is 15.9 Å². The number of methoxy groups -OCH3 is 1. The number of amides is 1. The van der Waals surface area contributed by atoms with Crippen LogP contribution in [0.25, 0.3) is 0 Å². The van der Waals surface area contributed by atoms with Gasteiger partial charge < -0.3 is 19.1 Å². The Bertz CT molecular complexity index is 953. The summed E-state index contributed by atoms with van der Waals surface area (Å²) in [5.41, 5.74) is -0.341. The van der Waals surface area contributed by atoms with Crippen LogP contribution in [0.2, 0.25) is 0 Å². The summed E-state index contributed by atoms with van der Waals surface area (Å²) in [6.07, 6.45) is 2.82. The maximum Gasteiger partial charge on any atom is 0.334 e. The fraction of sp³-hybridized carbons (Fsp3) is 0.409. The predicted octanol–water partition coefficient (Wildman–Crippen LogP) is 3.27. The van der Waals surface area contributed by atoms with Gasteiger partial charge in [0.1, 0.15) is 11.2 Å². The van der Waals surface area contributed by atoms with Crippen molar-refractivity contribution in [2.24, 2.45) is 5.92 Å². The summed E-state index contributed by atoms with van der Waals surface area (Å²) in [7, 11) is 3.11. The lowest BCUT2D eigenvalue weighted by Gasteiger charge is -2.38. The van der Waals surface area contributed by atoms with Crippen molar-refractivity contribution in [1.29, 1.82) is 0 Å². The predicted molar refractivity (Wildman–Crippen MR) is 114 cm³/mol. The first-order valence-corrected chi connectivity index (χ1v) is 10.5. The molecule has 0 radical (unpaired) electrons. The SMILES string of the molecule is CCOC(=O)/C=C(/OCC)[C@H]1CC(OC)=CC(=O)[C@@]12C(=O)N(C)c1ccc(Br)cc12. The van der Waals surface area contributed by atoms with Crippen LogP contribution < -0.4 is 4.90 Å². The van der Waals surface area contributed by atoms with E-state index in [1.807, 2.05) is 6.07 Å². The van der Waals surface area contributed by atoms with Gasteiger partial charge in [0.25, 0.3) is 0 Å². The van der Waals surface area contributed by atoms with E-state index in [9.17, 15) is 14.4 Å². The quantitative estimate of drug-likeness (QED) is 0.270. The molecule has 1 amide bonds. The highest BCUT2D eigenvalue weighted by Gasteiger charge is 2.62. The number of carbonyl (C=O) groups excluding carboxylic acids is 3. The van der Waals surface area contributed by atoms with Crippen LogP contribution in [-0.2, 0) is 34.0 Å². The summed E-state index contributed by atoms with van der Waals surface area (Å²) < 4.78 is 16.9. The second-order valence-corrected chi connectivity index (χ2v) is 7.92. The number of anilines is 1. The Morgan fingerprint density at radius 3 is 2.60 bits per heavy atom. The molecule has 1 spiro atoms. The highest BCUT2D eigenvalue weighted by Crippen LogP contribution is 2.53. The minimum absolute atomic E-state index is 0.199. The van der Waals surface area contributed by atoms with Gasteiger partial charge >= 0.3 is 5.97 Å². The van der Waals surface area contributed by atoms with Crippen molar-refractivity contribution in [3.63, 3.8) is 0 Å². The maximum absolute atomic E-state index is 13.6. The van der Waals surface area contributed by atoms with Crippen LogP contribution in [0.5, 0.6) is 0 Å². The van der Waals surface area contributed by atoms with E-state index in [-0.39, 0.29) is 31.3 Å². The van der Waals surface area contributed by atoms with E-state index in [0.29, 0.717) is 17.0 Å². The summed E-state index contributed by atoms with van der Waals surface area (Å²) in [5.74, 6) is -1.49. The number of halogens is 1. The van der Waals surface area contributed by atoms with Crippen LogP contribution in [0.15, 0.2) is 46.3 Å². The number of fused-ring (bicyclic) bond motifs is 2. The van der Waals surface area contributed by atoms with Crippen molar-refractivity contribution < 1.29 is 28.6 Å². The van der Waals surface area contributed by atoms with Gasteiger partial charge in [0.15, 0.2) is 5.78 Å². The highest BCUT2D eigenvalue weighted by molar-refractivity contribution is 9.10. The summed E-state index contributed by atoms with van der Waals surface area (Å²) in [6.45, 7) is 3.93. The molecule has 0 aromatic heterocycles. The van der Waals surface area contributed by atoms with Crippen molar-refractivity contribution in [2.75, 3.05) is 32.3 Å². The first-order chi connectivity index (χ1) is 14.3. The van der Waals surface area contributed by atoms with Gasteiger partial charge in [-0.15, -0.1) is 0 Å². The van der Waals surface area contributed by atoms with Gasteiger partial charge in [0, 0.05) is 41.2 Å². The Hall–Kier alpha value is -2.61. The molecule has 0 unspecified atom stereocenters. The largest absolute Gasteiger partial charge is 0.501 e. The molecule has 7 nitrogen and oxygen atoms in total. The Kier molecular flexibility index (Phi) is 6.36. The van der Waals surface area contributed by atoms with Crippen molar-refractivity contribution in [1.82, 2.24) is 0 Å². The number of carbonyl (C=O) groups is 3. The van der Waals surface area contributed by atoms with Crippen LogP contribution in [0.1, 0.15) is 25.8 Å². The number of allylic oxidation sites excluding steroid dienone is 3. The summed E-state index contributed by atoms with van der Waals surface area (Å²) in [4.78, 5) is 40.9. The van der Waals surface area contributed by atoms with E-state index in [1.54, 1.807) is 33.0 Å². The molecule has 2 atom stereocenters. The van der Waals surface area contributed by atoms with Crippen molar-refractivity contribution >= 4 is 39.3 Å². The van der Waals surface area contributed by atoms with Crippen molar-refractivity contribution in [3.8, 4) is 0 Å². The number of rotatable bonds is 6. The van der Waals surface area contributed by atoms with Gasteiger partial charge in [-0.1, -0.05) is 15.9 Å². The van der Waals surface area contributed by atoms with Gasteiger partial charge in [-0.3, -0.25) is 9.59 Å². The average Bonchev–Trinajstić information content (AvgIpc) is 2.92. The third kappa shape index (κ3) is 3.43. The molecule has 0 saturated heterocycles. The first-order valence-electron chi connectivity index (χ1n) is 9.69. The molecule has 1 aliphatic heterocycles. The molecular weight excluding hydrogens is 454 g/mol. The van der Waals surface area contributed by atoms with E-state index in [1.165, 1.54) is 24.2 Å². The standard InChI is InChI=1S/C22H24BrNO6/c1-5-29-18(12-20(26)30-6-2)16-10-14(28-4)11-19(25)22(16)15-9-13(23)7-8-17(15)24(3)21(22)27/h7-9,11-12,16H,5-6,10H2,1-4H3/b18-12+/t16-,22+/m1/s1. The number of likely N-dealkylation sites (N-methyl/N-ethyl adjacent to an activating group) is 1. The molecule has 0 bridgehead atoms. The lowest BCUT2D eigenvalue weighted by molar-refractivity contribution is -0.139. The topological polar surface area (TPSA) is 82.1 Å². The normalized spacial score (nSPS) is 23.4. The summed E-state index contributed by atoms with van der Waals surface area (Å²) in [5, 5.41) is 0. The zero-order valence-corrected chi connectivity index (χ0v) is 18.9. The monoisotopic (exact) mass is 477 g/mol. The number of ketones is 1. The summed E-state index contributed by atoms with van der Waals surface area (Å²) >= 11 is 3.45. The fourth-order valence-electron chi connectivity index (χ4n) is 4.19. The Labute approximate surface area is 183 Å². The molecule has 8 heteroatoms. The number of nitrogens with zero attached hydrogens (tertiary/aromatic N) is 1. The lowest BCUT2D eigenvalue weighted by Crippen LogP contribution is -2.53. The fourth-order valence-corrected chi connectivity index (χ4v) is 4.55. The molecule has 1 aliphatic carbocycles. The molecule has 1 heterocycles. The first kappa shape index (κ1) is 22.1. The third-order valence-electron chi connectivity index (χ3n) is 5.46. The number of ether oxygens (including phenoxy) is 3. The molecule has 0 fully saturated rings. The van der Waals surface area contributed by atoms with Gasteiger partial charge in [-0.05, 0) is 32.0 Å². The van der Waals surface area contributed by atoms with Gasteiger partial charge in [0.2, 0.25) is 5.91 Å². The smallest absolute Gasteiger partial charge is 0.334 e. The molecule has 0 N–H and O–H groups in total. The zero-order chi connectivity index (χ0) is 22.1. The lowest BCUT2D eigenvalue weighted by atomic mass is 9.63. The van der Waals surface area contributed by atoms with Gasteiger partial charge in [-0.25, -0.2) is 4.79 Å². The zero-order valence-electron chi connectivity index (χ0n) is 17.4. The Balaban J connectivity index is 2.28. The van der Waals surface area contributed by atoms with E-state index in [2.05, 4.69) is 15.9 Å². The number of benzene rings is 1. The van der Waals surface area contributed by atoms with Crippen LogP contribution in [0.4, 0.5) is 5.69 Å². The van der Waals surface area contributed by atoms with Crippen molar-refractivity contribution in [2.45, 2.75) is 25.7 Å². The molecule has 30 heavy (non-hydrogen) atoms. The number of esters is 1. The molecule has 160 valence electrons. The molecule has 3 rings (SSSR count). The van der Waals surface area contributed by atoms with Gasteiger partial charge in [-0.2, -0.15) is 0 Å². The second-order valence-electron chi connectivity index (χ2n) is 7.00. The molecule has 1 aromatic rings. The van der Waals surface area contributed by atoms with E-state index in [0.717, 1.165) is 4.47 Å². The van der Waals surface area contributed by atoms with Crippen LogP contribution in [-0.4, -0.2) is 45.0 Å². The average molecular weight is 478 g/mol. The van der Waals surface area contributed by atoms with E-state index >= 15 is 0 Å². The van der Waals surface area contributed by atoms with E-state index < -0.39 is 23.1 Å². The number of hydrogen-bond donors (Lipinski definition) is 0. The van der Waals surface area contributed by atoms with Gasteiger partial charge in [0.05, 0.1) is 32.2 Å². The van der Waals surface area contributed by atoms with E-state index in [4.69, 9.17) is 14.2 Å². The molecule has 2 aliphatic rings.